The molecule has 148 valence electrons. The molecule has 0 unspecified atom stereocenters. The van der Waals surface area contributed by atoms with Gasteiger partial charge in [0.1, 0.15) is 6.04 Å². The summed E-state index contributed by atoms with van der Waals surface area (Å²) in [7, 11) is 0. The molecule has 0 aliphatic heterocycles. The summed E-state index contributed by atoms with van der Waals surface area (Å²) < 4.78 is 5.02. The van der Waals surface area contributed by atoms with Crippen LogP contribution in [0, 0.1) is 6.92 Å². The monoisotopic (exact) mass is 377 g/mol. The van der Waals surface area contributed by atoms with Crippen LogP contribution < -0.4 is 16.0 Å². The highest BCUT2D eigenvalue weighted by Crippen LogP contribution is 2.05. The number of urea groups is 1. The number of amides is 4. The van der Waals surface area contributed by atoms with Crippen LogP contribution in [0.2, 0.25) is 0 Å². The average molecular weight is 377 g/mol. The summed E-state index contributed by atoms with van der Waals surface area (Å²) in [5.74, 6) is -1.97. The lowest BCUT2D eigenvalue weighted by atomic mass is 10.1. The van der Waals surface area contributed by atoms with Gasteiger partial charge in [0, 0.05) is 11.1 Å². The van der Waals surface area contributed by atoms with Gasteiger partial charge in [0.15, 0.2) is 6.10 Å². The number of carbonyl (C=O) groups is 4. The van der Waals surface area contributed by atoms with Gasteiger partial charge in [-0.25, -0.2) is 9.59 Å². The van der Waals surface area contributed by atoms with E-state index in [0.717, 1.165) is 5.56 Å². The summed E-state index contributed by atoms with van der Waals surface area (Å²) in [4.78, 5) is 47.9. The summed E-state index contributed by atoms with van der Waals surface area (Å²) in [5.41, 5.74) is 0.815. The minimum Gasteiger partial charge on any atom is -0.451 e. The first-order valence-corrected chi connectivity index (χ1v) is 8.60. The number of carbonyl (C=O) groups excluding carboxylic acids is 4. The second-order valence-electron chi connectivity index (χ2n) is 7.34. The van der Waals surface area contributed by atoms with Gasteiger partial charge in [0.25, 0.3) is 11.8 Å². The number of benzene rings is 1. The van der Waals surface area contributed by atoms with Crippen molar-refractivity contribution >= 4 is 23.8 Å². The van der Waals surface area contributed by atoms with Crippen molar-refractivity contribution < 1.29 is 23.9 Å². The maximum atomic E-state index is 12.2. The van der Waals surface area contributed by atoms with Gasteiger partial charge >= 0.3 is 12.0 Å². The lowest BCUT2D eigenvalue weighted by molar-refractivity contribution is -0.155. The van der Waals surface area contributed by atoms with E-state index in [1.165, 1.54) is 13.8 Å². The Balaban J connectivity index is 2.55. The first-order valence-electron chi connectivity index (χ1n) is 8.60. The molecule has 0 radical (unpaired) electrons. The molecule has 2 atom stereocenters. The van der Waals surface area contributed by atoms with E-state index in [4.69, 9.17) is 4.74 Å². The summed E-state index contributed by atoms with van der Waals surface area (Å²) in [5, 5.41) is 7.18. The Morgan fingerprint density at radius 2 is 1.70 bits per heavy atom. The number of esters is 1. The predicted molar refractivity (Wildman–Crippen MR) is 100 cm³/mol. The topological polar surface area (TPSA) is 114 Å². The van der Waals surface area contributed by atoms with Crippen LogP contribution in [0.1, 0.15) is 50.5 Å². The summed E-state index contributed by atoms with van der Waals surface area (Å²) in [6.45, 7) is 9.93. The molecule has 0 fully saturated rings. The third-order valence-electron chi connectivity index (χ3n) is 3.37. The van der Waals surface area contributed by atoms with Gasteiger partial charge < -0.3 is 15.4 Å². The van der Waals surface area contributed by atoms with Crippen LogP contribution in [0.4, 0.5) is 4.79 Å². The van der Waals surface area contributed by atoms with Crippen LogP contribution in [0.25, 0.3) is 0 Å². The Morgan fingerprint density at radius 3 is 2.26 bits per heavy atom. The summed E-state index contributed by atoms with van der Waals surface area (Å²) in [6.07, 6.45) is -1.19. The standard InChI is InChI=1S/C19H27N3O5/c1-11-8-7-9-14(10-11)16(24)20-12(2)17(25)27-13(3)15(23)21-18(26)22-19(4,5)6/h7-10,12-13H,1-6H3,(H,20,24)(H2,21,22,23,26)/t12-,13-/m0/s1. The second-order valence-corrected chi connectivity index (χ2v) is 7.34. The third-order valence-corrected chi connectivity index (χ3v) is 3.37. The Hall–Kier alpha value is -2.90. The largest absolute Gasteiger partial charge is 0.451 e. The molecule has 1 aromatic carbocycles. The smallest absolute Gasteiger partial charge is 0.329 e. The lowest BCUT2D eigenvalue weighted by Gasteiger charge is -2.21. The van der Waals surface area contributed by atoms with Gasteiger partial charge in [-0.2, -0.15) is 0 Å². The number of ether oxygens (including phenoxy) is 1. The van der Waals surface area contributed by atoms with E-state index in [9.17, 15) is 19.2 Å². The van der Waals surface area contributed by atoms with Crippen molar-refractivity contribution in [2.24, 2.45) is 0 Å². The van der Waals surface area contributed by atoms with Gasteiger partial charge in [0.05, 0.1) is 0 Å². The zero-order chi connectivity index (χ0) is 20.8. The Bertz CT molecular complexity index is 724. The quantitative estimate of drug-likeness (QED) is 0.676. The molecule has 3 N–H and O–H groups in total. The van der Waals surface area contributed by atoms with E-state index in [-0.39, 0.29) is 0 Å². The third kappa shape index (κ3) is 7.89. The summed E-state index contributed by atoms with van der Waals surface area (Å²) in [6, 6.07) is 5.27. The van der Waals surface area contributed by atoms with Crippen LogP contribution in [0.3, 0.4) is 0 Å². The van der Waals surface area contributed by atoms with Crippen molar-refractivity contribution in [2.45, 2.75) is 59.2 Å². The van der Waals surface area contributed by atoms with Crippen LogP contribution in [0.5, 0.6) is 0 Å². The van der Waals surface area contributed by atoms with Gasteiger partial charge in [-0.1, -0.05) is 17.7 Å². The molecule has 27 heavy (non-hydrogen) atoms. The zero-order valence-electron chi connectivity index (χ0n) is 16.5. The van der Waals surface area contributed by atoms with Gasteiger partial charge in [-0.05, 0) is 53.7 Å². The highest BCUT2D eigenvalue weighted by molar-refractivity contribution is 5.99. The molecule has 1 rings (SSSR count). The van der Waals surface area contributed by atoms with Crippen LogP contribution >= 0.6 is 0 Å². The molecule has 1 aromatic rings. The first-order chi connectivity index (χ1) is 12.4. The molecule has 8 heteroatoms. The number of hydrogen-bond donors (Lipinski definition) is 3. The van der Waals surface area contributed by atoms with E-state index in [1.54, 1.807) is 39.0 Å². The number of aryl methyl sites for hydroxylation is 1. The fourth-order valence-electron chi connectivity index (χ4n) is 2.04. The molecule has 0 saturated carbocycles. The minimum atomic E-state index is -1.19. The molecule has 0 bridgehead atoms. The number of imide groups is 1. The van der Waals surface area contributed by atoms with Crippen molar-refractivity contribution in [2.75, 3.05) is 0 Å². The second kappa shape index (κ2) is 9.16. The molecule has 0 aromatic heterocycles. The Kier molecular flexibility index (Phi) is 7.51. The van der Waals surface area contributed by atoms with Crippen LogP contribution in [-0.2, 0) is 14.3 Å². The van der Waals surface area contributed by atoms with E-state index in [1.807, 2.05) is 13.0 Å². The summed E-state index contributed by atoms with van der Waals surface area (Å²) >= 11 is 0. The maximum Gasteiger partial charge on any atom is 0.329 e. The average Bonchev–Trinajstić information content (AvgIpc) is 2.52. The molecular weight excluding hydrogens is 350 g/mol. The van der Waals surface area contributed by atoms with E-state index in [0.29, 0.717) is 5.56 Å². The van der Waals surface area contributed by atoms with Gasteiger partial charge in [-0.3, -0.25) is 14.9 Å². The van der Waals surface area contributed by atoms with Crippen molar-refractivity contribution in [1.29, 1.82) is 0 Å². The molecule has 0 spiro atoms. The van der Waals surface area contributed by atoms with Crippen molar-refractivity contribution in [3.63, 3.8) is 0 Å². The van der Waals surface area contributed by atoms with E-state index in [2.05, 4.69) is 16.0 Å². The lowest BCUT2D eigenvalue weighted by Crippen LogP contribution is -2.51. The molecule has 0 heterocycles. The van der Waals surface area contributed by atoms with E-state index >= 15 is 0 Å². The predicted octanol–water partition coefficient (Wildman–Crippen LogP) is 1.67. The van der Waals surface area contributed by atoms with E-state index < -0.39 is 41.5 Å². The Labute approximate surface area is 159 Å². The molecule has 4 amide bonds. The molecule has 8 nitrogen and oxygen atoms in total. The van der Waals surface area contributed by atoms with Crippen molar-refractivity contribution in [3.8, 4) is 0 Å². The number of nitrogens with one attached hydrogen (secondary N) is 3. The molecule has 0 aliphatic rings. The normalized spacial score (nSPS) is 13.1. The van der Waals surface area contributed by atoms with Crippen molar-refractivity contribution in [1.82, 2.24) is 16.0 Å². The Morgan fingerprint density at radius 1 is 1.07 bits per heavy atom. The number of rotatable bonds is 5. The molecule has 0 aliphatic carbocycles. The SMILES string of the molecule is Cc1cccc(C(=O)N[C@@H](C)C(=O)O[C@@H](C)C(=O)NC(=O)NC(C)(C)C)c1. The van der Waals surface area contributed by atoms with Gasteiger partial charge in [0.2, 0.25) is 0 Å². The maximum absolute atomic E-state index is 12.2. The fourth-order valence-corrected chi connectivity index (χ4v) is 2.04. The van der Waals surface area contributed by atoms with Crippen molar-refractivity contribution in [3.05, 3.63) is 35.4 Å². The van der Waals surface area contributed by atoms with Crippen LogP contribution in [0.15, 0.2) is 24.3 Å². The first kappa shape index (κ1) is 22.1. The van der Waals surface area contributed by atoms with Gasteiger partial charge in [-0.15, -0.1) is 0 Å². The highest BCUT2D eigenvalue weighted by atomic mass is 16.5. The minimum absolute atomic E-state index is 0.416. The fraction of sp³-hybridized carbons (Fsp3) is 0.474. The highest BCUT2D eigenvalue weighted by Gasteiger charge is 2.25. The number of hydrogen-bond acceptors (Lipinski definition) is 5. The van der Waals surface area contributed by atoms with Crippen LogP contribution in [-0.4, -0.2) is 41.5 Å². The zero-order valence-corrected chi connectivity index (χ0v) is 16.5. The molecular formula is C19H27N3O5. The molecule has 0 saturated heterocycles.